The van der Waals surface area contributed by atoms with Crippen molar-refractivity contribution in [2.45, 2.75) is 64.3 Å². The number of amides is 2. The molecule has 0 spiro atoms. The van der Waals surface area contributed by atoms with Crippen LogP contribution in [0.1, 0.15) is 70.8 Å². The number of nitrogens with one attached hydrogen (secondary N) is 2. The number of aromatic nitrogens is 7. The number of pyridine rings is 1. The molecule has 0 saturated heterocycles. The van der Waals surface area contributed by atoms with Gasteiger partial charge in [0.2, 0.25) is 0 Å². The molecule has 1 fully saturated rings. The summed E-state index contributed by atoms with van der Waals surface area (Å²) in [5.74, 6) is -0.225. The Morgan fingerprint density at radius 3 is 2.14 bits per heavy atom. The van der Waals surface area contributed by atoms with Gasteiger partial charge in [0.25, 0.3) is 11.8 Å². The van der Waals surface area contributed by atoms with Crippen molar-refractivity contribution >= 4 is 11.8 Å². The topological polar surface area (TPSA) is 133 Å². The molecule has 0 unspecified atom stereocenters. The van der Waals surface area contributed by atoms with Crippen molar-refractivity contribution in [3.05, 3.63) is 53.4 Å². The van der Waals surface area contributed by atoms with Gasteiger partial charge in [0, 0.05) is 25.8 Å². The first-order valence-electron chi connectivity index (χ1n) is 12.2. The second kappa shape index (κ2) is 11.9. The van der Waals surface area contributed by atoms with E-state index in [9.17, 15) is 22.8 Å². The SMILES string of the molecule is O=C(NCc1cc(C(F)(F)F)ccn1)c1cn(CCCCn2cc(C(=O)NCC3CCCC3)nn2)nn1. The fraction of sp³-hybridized carbons (Fsp3) is 0.522. The summed E-state index contributed by atoms with van der Waals surface area (Å²) in [5, 5.41) is 21.1. The highest BCUT2D eigenvalue weighted by molar-refractivity contribution is 5.92. The van der Waals surface area contributed by atoms with Crippen molar-refractivity contribution in [2.75, 3.05) is 6.54 Å². The molecular weight excluding hydrogens is 491 g/mol. The number of alkyl halides is 3. The fourth-order valence-corrected chi connectivity index (χ4v) is 4.13. The summed E-state index contributed by atoms with van der Waals surface area (Å²) >= 11 is 0. The van der Waals surface area contributed by atoms with Crippen LogP contribution in [0.3, 0.4) is 0 Å². The monoisotopic (exact) mass is 519 g/mol. The molecule has 1 saturated carbocycles. The van der Waals surface area contributed by atoms with Gasteiger partial charge < -0.3 is 10.6 Å². The zero-order chi connectivity index (χ0) is 26.3. The first-order valence-corrected chi connectivity index (χ1v) is 12.2. The number of hydrogen-bond donors (Lipinski definition) is 2. The van der Waals surface area contributed by atoms with E-state index < -0.39 is 17.6 Å². The third kappa shape index (κ3) is 7.57. The van der Waals surface area contributed by atoms with E-state index in [1.165, 1.54) is 23.7 Å². The molecule has 3 heterocycles. The van der Waals surface area contributed by atoms with Crippen LogP contribution >= 0.6 is 0 Å². The van der Waals surface area contributed by atoms with E-state index in [2.05, 4.69) is 36.2 Å². The van der Waals surface area contributed by atoms with Gasteiger partial charge >= 0.3 is 6.18 Å². The van der Waals surface area contributed by atoms with Gasteiger partial charge in [-0.05, 0) is 43.7 Å². The maximum Gasteiger partial charge on any atom is 0.416 e. The highest BCUT2D eigenvalue weighted by Gasteiger charge is 2.30. The minimum Gasteiger partial charge on any atom is -0.350 e. The first-order chi connectivity index (χ1) is 17.8. The Morgan fingerprint density at radius 1 is 0.946 bits per heavy atom. The second-order valence-corrected chi connectivity index (χ2v) is 9.02. The molecule has 0 aliphatic heterocycles. The van der Waals surface area contributed by atoms with Crippen LogP contribution in [0.4, 0.5) is 13.2 Å². The van der Waals surface area contributed by atoms with E-state index in [1.807, 2.05) is 0 Å². The predicted molar refractivity (Wildman–Crippen MR) is 124 cm³/mol. The molecule has 4 rings (SSSR count). The lowest BCUT2D eigenvalue weighted by Crippen LogP contribution is -2.28. The van der Waals surface area contributed by atoms with Gasteiger partial charge in [0.15, 0.2) is 11.4 Å². The standard InChI is InChI=1S/C23H28F3N9O2/c24-23(25,26)17-7-8-27-18(11-17)13-29-22(37)20-15-35(33-31-20)10-4-3-9-34-14-19(30-32-34)21(36)28-12-16-5-1-2-6-16/h7-8,11,14-16H,1-6,9-10,12-13H2,(H,28,36)(H,29,37). The molecule has 2 N–H and O–H groups in total. The number of nitrogens with zero attached hydrogens (tertiary/aromatic N) is 7. The largest absolute Gasteiger partial charge is 0.416 e. The van der Waals surface area contributed by atoms with Crippen molar-refractivity contribution in [1.82, 2.24) is 45.6 Å². The lowest BCUT2D eigenvalue weighted by molar-refractivity contribution is -0.137. The number of rotatable bonds is 11. The van der Waals surface area contributed by atoms with Crippen LogP contribution in [-0.4, -0.2) is 53.3 Å². The van der Waals surface area contributed by atoms with Crippen molar-refractivity contribution < 1.29 is 22.8 Å². The summed E-state index contributed by atoms with van der Waals surface area (Å²) in [5.41, 5.74) is -0.401. The van der Waals surface area contributed by atoms with E-state index in [1.54, 1.807) is 10.9 Å². The second-order valence-electron chi connectivity index (χ2n) is 9.02. The average molecular weight is 520 g/mol. The Labute approximate surface area is 210 Å². The number of unbranched alkanes of at least 4 members (excludes halogenated alkanes) is 1. The zero-order valence-electron chi connectivity index (χ0n) is 20.1. The Kier molecular flexibility index (Phi) is 8.46. The number of halogens is 3. The first kappa shape index (κ1) is 26.2. The van der Waals surface area contributed by atoms with Gasteiger partial charge in [-0.15, -0.1) is 10.2 Å². The lowest BCUT2D eigenvalue weighted by Gasteiger charge is -2.08. The summed E-state index contributed by atoms with van der Waals surface area (Å²) in [6.07, 6.45) is 5.86. The summed E-state index contributed by atoms with van der Waals surface area (Å²) in [4.78, 5) is 28.4. The third-order valence-corrected chi connectivity index (χ3v) is 6.17. The molecule has 3 aromatic rings. The zero-order valence-corrected chi connectivity index (χ0v) is 20.1. The highest BCUT2D eigenvalue weighted by Crippen LogP contribution is 2.29. The number of carbonyl (C=O) groups excluding carboxylic acids is 2. The Bertz CT molecular complexity index is 1200. The Balaban J connectivity index is 1.16. The van der Waals surface area contributed by atoms with Crippen LogP contribution in [0.2, 0.25) is 0 Å². The molecule has 14 heteroatoms. The van der Waals surface area contributed by atoms with Crippen LogP contribution in [0, 0.1) is 5.92 Å². The Hall–Kier alpha value is -3.84. The van der Waals surface area contributed by atoms with E-state index >= 15 is 0 Å². The van der Waals surface area contributed by atoms with Gasteiger partial charge in [-0.3, -0.25) is 23.9 Å². The van der Waals surface area contributed by atoms with Crippen molar-refractivity contribution in [2.24, 2.45) is 5.92 Å². The summed E-state index contributed by atoms with van der Waals surface area (Å²) in [7, 11) is 0. The number of carbonyl (C=O) groups is 2. The fourth-order valence-electron chi connectivity index (χ4n) is 4.13. The molecule has 2 amide bonds. The summed E-state index contributed by atoms with van der Waals surface area (Å²) < 4.78 is 41.6. The smallest absolute Gasteiger partial charge is 0.350 e. The van der Waals surface area contributed by atoms with Crippen LogP contribution < -0.4 is 10.6 Å². The van der Waals surface area contributed by atoms with Crippen LogP contribution in [0.5, 0.6) is 0 Å². The van der Waals surface area contributed by atoms with Gasteiger partial charge in [0.05, 0.1) is 30.2 Å². The van der Waals surface area contributed by atoms with Gasteiger partial charge in [-0.1, -0.05) is 23.3 Å². The van der Waals surface area contributed by atoms with E-state index in [0.29, 0.717) is 37.7 Å². The predicted octanol–water partition coefficient (Wildman–Crippen LogP) is 2.61. The molecule has 0 bridgehead atoms. The molecule has 198 valence electrons. The maximum absolute atomic E-state index is 12.8. The molecule has 0 atom stereocenters. The van der Waals surface area contributed by atoms with E-state index in [-0.39, 0.29) is 23.8 Å². The van der Waals surface area contributed by atoms with E-state index in [0.717, 1.165) is 37.6 Å². The highest BCUT2D eigenvalue weighted by atomic mass is 19.4. The van der Waals surface area contributed by atoms with Crippen LogP contribution in [-0.2, 0) is 25.8 Å². The third-order valence-electron chi connectivity index (χ3n) is 6.17. The molecule has 1 aliphatic carbocycles. The van der Waals surface area contributed by atoms with Crippen LogP contribution in [0.25, 0.3) is 0 Å². The van der Waals surface area contributed by atoms with Crippen LogP contribution in [0.15, 0.2) is 30.7 Å². The van der Waals surface area contributed by atoms with Crippen molar-refractivity contribution in [3.63, 3.8) is 0 Å². The number of hydrogen-bond acceptors (Lipinski definition) is 7. The normalized spacial score (nSPS) is 14.1. The molecule has 11 nitrogen and oxygen atoms in total. The minimum absolute atomic E-state index is 0.0523. The van der Waals surface area contributed by atoms with Gasteiger partial charge in [0.1, 0.15) is 0 Å². The quantitative estimate of drug-likeness (QED) is 0.372. The molecule has 0 aromatic carbocycles. The maximum atomic E-state index is 12.8. The number of aryl methyl sites for hydroxylation is 2. The lowest BCUT2D eigenvalue weighted by atomic mass is 10.1. The van der Waals surface area contributed by atoms with Crippen molar-refractivity contribution in [3.8, 4) is 0 Å². The average Bonchev–Trinajstić information content (AvgIpc) is 3.65. The Morgan fingerprint density at radius 2 is 1.54 bits per heavy atom. The van der Waals surface area contributed by atoms with Gasteiger partial charge in [-0.25, -0.2) is 0 Å². The molecular formula is C23H28F3N9O2. The molecule has 1 aliphatic rings. The molecule has 37 heavy (non-hydrogen) atoms. The van der Waals surface area contributed by atoms with Gasteiger partial charge in [-0.2, -0.15) is 13.2 Å². The minimum atomic E-state index is -4.48. The molecule has 3 aromatic heterocycles. The van der Waals surface area contributed by atoms with Crippen molar-refractivity contribution in [1.29, 1.82) is 0 Å². The van der Waals surface area contributed by atoms with E-state index in [4.69, 9.17) is 0 Å². The molecule has 0 radical (unpaired) electrons. The summed E-state index contributed by atoms with van der Waals surface area (Å²) in [6, 6.07) is 1.76. The summed E-state index contributed by atoms with van der Waals surface area (Å²) in [6.45, 7) is 1.56.